The zero-order valence-electron chi connectivity index (χ0n) is 20.2. The molecule has 0 bridgehead atoms. The van der Waals surface area contributed by atoms with Gasteiger partial charge in [-0.1, -0.05) is 17.7 Å². The van der Waals surface area contributed by atoms with E-state index in [4.69, 9.17) is 21.3 Å². The van der Waals surface area contributed by atoms with Gasteiger partial charge in [-0.15, -0.1) is 0 Å². The van der Waals surface area contributed by atoms with Crippen LogP contribution in [0.4, 0.5) is 11.5 Å². The molecule has 0 unspecified atom stereocenters. The van der Waals surface area contributed by atoms with Gasteiger partial charge >= 0.3 is 5.97 Å². The number of carbonyl (C=O) groups is 1. The Morgan fingerprint density at radius 3 is 2.69 bits per heavy atom. The van der Waals surface area contributed by atoms with Crippen molar-refractivity contribution in [1.82, 2.24) is 15.0 Å². The van der Waals surface area contributed by atoms with Crippen LogP contribution < -0.4 is 10.2 Å². The first-order valence-electron chi connectivity index (χ1n) is 12.1. The van der Waals surface area contributed by atoms with E-state index in [0.29, 0.717) is 28.2 Å². The molecule has 2 aromatic heterocycles. The van der Waals surface area contributed by atoms with E-state index in [1.165, 1.54) is 0 Å². The van der Waals surface area contributed by atoms with Gasteiger partial charge in [-0.2, -0.15) is 5.26 Å². The molecular formula is C26H27ClN6O3. The van der Waals surface area contributed by atoms with Gasteiger partial charge in [0, 0.05) is 25.3 Å². The van der Waals surface area contributed by atoms with Gasteiger partial charge in [0.05, 0.1) is 28.4 Å². The zero-order valence-corrected chi connectivity index (χ0v) is 21.0. The van der Waals surface area contributed by atoms with Gasteiger partial charge in [-0.25, -0.2) is 19.7 Å². The number of anilines is 2. The van der Waals surface area contributed by atoms with E-state index in [0.717, 1.165) is 56.5 Å². The van der Waals surface area contributed by atoms with Crippen molar-refractivity contribution < 1.29 is 14.6 Å². The van der Waals surface area contributed by atoms with Crippen LogP contribution in [-0.2, 0) is 4.74 Å². The predicted molar refractivity (Wildman–Crippen MR) is 137 cm³/mol. The highest BCUT2D eigenvalue weighted by atomic mass is 35.5. The third-order valence-corrected chi connectivity index (χ3v) is 7.30. The SMILES string of the molecule is Cc1cc([C@@H](C)Nc2ccc(Cl)nc2C(=O)O)c2nc(N3CCC4(CCCO4)CC3)c(C#N)nc2c1. The third-order valence-electron chi connectivity index (χ3n) is 7.09. The summed E-state index contributed by atoms with van der Waals surface area (Å²) in [6.45, 7) is 6.20. The number of aryl methyl sites for hydroxylation is 1. The average molecular weight is 507 g/mol. The minimum absolute atomic E-state index is 0.0389. The van der Waals surface area contributed by atoms with Gasteiger partial charge < -0.3 is 20.1 Å². The van der Waals surface area contributed by atoms with Crippen LogP contribution in [0.15, 0.2) is 24.3 Å². The molecule has 0 aliphatic carbocycles. The summed E-state index contributed by atoms with van der Waals surface area (Å²) in [5, 5.41) is 22.8. The molecule has 2 aliphatic rings. The summed E-state index contributed by atoms with van der Waals surface area (Å²) in [7, 11) is 0. The second-order valence-corrected chi connectivity index (χ2v) is 9.94. The average Bonchev–Trinajstić information content (AvgIpc) is 3.32. The number of nitrogens with zero attached hydrogens (tertiary/aromatic N) is 5. The lowest BCUT2D eigenvalue weighted by Crippen LogP contribution is -2.44. The van der Waals surface area contributed by atoms with E-state index in [9.17, 15) is 15.2 Å². The summed E-state index contributed by atoms with van der Waals surface area (Å²) in [5.41, 5.74) is 3.58. The lowest BCUT2D eigenvalue weighted by atomic mass is 9.88. The van der Waals surface area contributed by atoms with Crippen LogP contribution in [-0.4, -0.2) is 51.3 Å². The van der Waals surface area contributed by atoms with Crippen LogP contribution in [0.5, 0.6) is 0 Å². The van der Waals surface area contributed by atoms with Crippen molar-refractivity contribution in [3.05, 3.63) is 51.9 Å². The quantitative estimate of drug-likeness (QED) is 0.466. The van der Waals surface area contributed by atoms with Crippen molar-refractivity contribution in [3.8, 4) is 6.07 Å². The first-order valence-corrected chi connectivity index (χ1v) is 12.4. The Kier molecular flexibility index (Phi) is 6.41. The second kappa shape index (κ2) is 9.52. The van der Waals surface area contributed by atoms with Crippen molar-refractivity contribution >= 4 is 40.1 Å². The molecule has 0 amide bonds. The maximum atomic E-state index is 11.7. The third kappa shape index (κ3) is 4.54. The zero-order chi connectivity index (χ0) is 25.4. The minimum Gasteiger partial charge on any atom is -0.476 e. The van der Waals surface area contributed by atoms with E-state index >= 15 is 0 Å². The highest BCUT2D eigenvalue weighted by molar-refractivity contribution is 6.29. The molecule has 0 radical (unpaired) electrons. The maximum Gasteiger partial charge on any atom is 0.356 e. The number of carboxylic acid groups (broad SMARTS) is 1. The molecule has 2 N–H and O–H groups in total. The summed E-state index contributed by atoms with van der Waals surface area (Å²) in [4.78, 5) is 27.4. The number of aromatic carboxylic acids is 1. The number of hydrogen-bond donors (Lipinski definition) is 2. The van der Waals surface area contributed by atoms with Crippen LogP contribution in [0, 0.1) is 18.3 Å². The van der Waals surface area contributed by atoms with Crippen molar-refractivity contribution in [2.24, 2.45) is 0 Å². The number of aromatic nitrogens is 3. The molecule has 0 saturated carbocycles. The van der Waals surface area contributed by atoms with E-state index in [-0.39, 0.29) is 22.5 Å². The van der Waals surface area contributed by atoms with Gasteiger partial charge in [0.25, 0.3) is 0 Å². The van der Waals surface area contributed by atoms with Gasteiger partial charge in [-0.05, 0) is 63.3 Å². The van der Waals surface area contributed by atoms with Crippen molar-refractivity contribution in [3.63, 3.8) is 0 Å². The Labute approximate surface area is 214 Å². The summed E-state index contributed by atoms with van der Waals surface area (Å²) < 4.78 is 6.06. The first-order chi connectivity index (χ1) is 17.3. The molecule has 36 heavy (non-hydrogen) atoms. The minimum atomic E-state index is -1.17. The molecule has 9 nitrogen and oxygen atoms in total. The molecule has 2 fully saturated rings. The van der Waals surface area contributed by atoms with Crippen LogP contribution in [0.2, 0.25) is 5.15 Å². The van der Waals surface area contributed by atoms with E-state index in [1.807, 2.05) is 26.0 Å². The normalized spacial score (nSPS) is 17.8. The molecule has 4 heterocycles. The molecule has 3 aromatic rings. The fourth-order valence-electron chi connectivity index (χ4n) is 5.25. The number of piperidine rings is 1. The van der Waals surface area contributed by atoms with E-state index < -0.39 is 5.97 Å². The predicted octanol–water partition coefficient (Wildman–Crippen LogP) is 4.88. The van der Waals surface area contributed by atoms with Crippen molar-refractivity contribution in [2.45, 2.75) is 51.2 Å². The number of rotatable bonds is 5. The Bertz CT molecular complexity index is 1370. The lowest BCUT2D eigenvalue weighted by Gasteiger charge is -2.39. The molecule has 186 valence electrons. The Balaban J connectivity index is 1.51. The molecule has 2 saturated heterocycles. The maximum absolute atomic E-state index is 11.7. The largest absolute Gasteiger partial charge is 0.476 e. The standard InChI is InChI=1S/C26H27ClN6O3/c1-15-12-17(16(2)29-18-4-5-21(27)31-23(18)25(34)35)22-19(13-15)30-20(14-28)24(32-22)33-9-7-26(8-10-33)6-3-11-36-26/h4-5,12-13,16,29H,3,6-11H2,1-2H3,(H,34,35)/t16-/m1/s1. The molecular weight excluding hydrogens is 480 g/mol. The fourth-order valence-corrected chi connectivity index (χ4v) is 5.40. The number of hydrogen-bond acceptors (Lipinski definition) is 8. The second-order valence-electron chi connectivity index (χ2n) is 9.55. The highest BCUT2D eigenvalue weighted by Crippen LogP contribution is 2.38. The van der Waals surface area contributed by atoms with Gasteiger partial charge in [0.2, 0.25) is 0 Å². The van der Waals surface area contributed by atoms with Crippen LogP contribution >= 0.6 is 11.6 Å². The Morgan fingerprint density at radius 1 is 1.25 bits per heavy atom. The molecule has 1 atom stereocenters. The summed E-state index contributed by atoms with van der Waals surface area (Å²) in [6.07, 6.45) is 3.98. The number of benzene rings is 1. The monoisotopic (exact) mass is 506 g/mol. The number of fused-ring (bicyclic) bond motifs is 1. The summed E-state index contributed by atoms with van der Waals surface area (Å²) in [5.74, 6) is -0.592. The topological polar surface area (TPSA) is 124 Å². The van der Waals surface area contributed by atoms with Crippen LogP contribution in [0.1, 0.15) is 66.0 Å². The van der Waals surface area contributed by atoms with E-state index in [1.54, 1.807) is 12.1 Å². The van der Waals surface area contributed by atoms with Crippen LogP contribution in [0.25, 0.3) is 11.0 Å². The van der Waals surface area contributed by atoms with Gasteiger partial charge in [0.1, 0.15) is 11.2 Å². The number of pyridine rings is 1. The Hall–Kier alpha value is -3.48. The van der Waals surface area contributed by atoms with Gasteiger partial charge in [-0.3, -0.25) is 0 Å². The molecule has 10 heteroatoms. The van der Waals surface area contributed by atoms with Crippen LogP contribution in [0.3, 0.4) is 0 Å². The molecule has 2 aliphatic heterocycles. The first kappa shape index (κ1) is 24.2. The Morgan fingerprint density at radius 2 is 2.03 bits per heavy atom. The summed E-state index contributed by atoms with van der Waals surface area (Å²) in [6, 6.07) is 8.98. The number of nitrogens with one attached hydrogen (secondary N) is 1. The van der Waals surface area contributed by atoms with Crippen molar-refractivity contribution in [2.75, 3.05) is 29.9 Å². The van der Waals surface area contributed by atoms with E-state index in [2.05, 4.69) is 26.3 Å². The molecule has 1 aromatic carbocycles. The molecule has 5 rings (SSSR count). The number of ether oxygens (including phenoxy) is 1. The summed E-state index contributed by atoms with van der Waals surface area (Å²) >= 11 is 5.91. The molecule has 1 spiro atoms. The fraction of sp³-hybridized carbons (Fsp3) is 0.423. The number of carboxylic acids is 1. The number of halogens is 1. The number of nitriles is 1. The smallest absolute Gasteiger partial charge is 0.356 e. The van der Waals surface area contributed by atoms with Crippen molar-refractivity contribution in [1.29, 1.82) is 5.26 Å². The highest BCUT2D eigenvalue weighted by Gasteiger charge is 2.39. The van der Waals surface area contributed by atoms with Gasteiger partial charge in [0.15, 0.2) is 17.2 Å². The lowest BCUT2D eigenvalue weighted by molar-refractivity contribution is -0.0147.